The van der Waals surface area contributed by atoms with E-state index >= 15 is 0 Å². The van der Waals surface area contributed by atoms with Gasteiger partial charge in [0.15, 0.2) is 0 Å². The average molecular weight is 364 g/mol. The molecule has 140 valence electrons. The van der Waals surface area contributed by atoms with Crippen molar-refractivity contribution in [1.82, 2.24) is 10.1 Å². The number of nitriles is 1. The molecule has 1 aromatic carbocycles. The minimum Gasteiger partial charge on any atom is -0.476 e. The van der Waals surface area contributed by atoms with Gasteiger partial charge < -0.3 is 9.26 Å². The third-order valence-corrected chi connectivity index (χ3v) is 4.76. The molecule has 2 heterocycles. The number of allylic oxidation sites excluding steroid dienone is 1. The van der Waals surface area contributed by atoms with Crippen LogP contribution < -0.4 is 4.74 Å². The van der Waals surface area contributed by atoms with Crippen LogP contribution in [0.25, 0.3) is 5.70 Å². The van der Waals surface area contributed by atoms with E-state index in [9.17, 15) is 5.26 Å². The van der Waals surface area contributed by atoms with E-state index in [-0.39, 0.29) is 5.92 Å². The van der Waals surface area contributed by atoms with Gasteiger partial charge in [-0.1, -0.05) is 19.1 Å². The monoisotopic (exact) mass is 364 g/mol. The Balaban J connectivity index is 1.86. The Morgan fingerprint density at radius 3 is 3.04 bits per heavy atom. The number of aliphatic imine (C=N–C) groups is 1. The highest BCUT2D eigenvalue weighted by Gasteiger charge is 2.30. The van der Waals surface area contributed by atoms with Crippen LogP contribution in [-0.4, -0.2) is 29.9 Å². The maximum atomic E-state index is 9.39. The fraction of sp³-hybridized carbons (Fsp3) is 0.381. The summed E-state index contributed by atoms with van der Waals surface area (Å²) in [5.74, 6) is 1.76. The number of hydrogen-bond donors (Lipinski definition) is 0. The van der Waals surface area contributed by atoms with Gasteiger partial charge in [0, 0.05) is 31.1 Å². The smallest absolute Gasteiger partial charge is 0.258 e. The number of nitrogens with zero attached hydrogens (tertiary/aromatic N) is 4. The van der Waals surface area contributed by atoms with E-state index in [4.69, 9.17) is 9.26 Å². The van der Waals surface area contributed by atoms with Crippen LogP contribution in [0.15, 0.2) is 33.8 Å². The van der Waals surface area contributed by atoms with Crippen LogP contribution in [0.3, 0.4) is 0 Å². The summed E-state index contributed by atoms with van der Waals surface area (Å²) in [5, 5.41) is 13.5. The molecule has 1 aliphatic rings. The second kappa shape index (κ2) is 8.19. The lowest BCUT2D eigenvalue weighted by atomic mass is 9.97. The highest BCUT2D eigenvalue weighted by atomic mass is 16.5. The first kappa shape index (κ1) is 18.9. The molecule has 0 saturated carbocycles. The standard InChI is InChI=1S/C21H24N4O2/c1-5-19(23-4)17-9-15(7-8-16(17)10-22)12-25-11-14(3)20-18(13-25)21(24-27-20)26-6-2/h5,7-9,14H,4,6,11-13H2,1-3H3. The number of hydrogen-bond acceptors (Lipinski definition) is 6. The molecule has 1 atom stereocenters. The largest absolute Gasteiger partial charge is 0.476 e. The fourth-order valence-corrected chi connectivity index (χ4v) is 3.56. The maximum Gasteiger partial charge on any atom is 0.258 e. The van der Waals surface area contributed by atoms with Crippen LogP contribution >= 0.6 is 0 Å². The highest BCUT2D eigenvalue weighted by molar-refractivity contribution is 5.72. The van der Waals surface area contributed by atoms with Crippen LogP contribution in [0.5, 0.6) is 5.88 Å². The van der Waals surface area contributed by atoms with Crippen LogP contribution in [0, 0.1) is 11.3 Å². The molecule has 0 fully saturated rings. The van der Waals surface area contributed by atoms with Gasteiger partial charge in [-0.3, -0.25) is 9.89 Å². The molecule has 0 saturated heterocycles. The van der Waals surface area contributed by atoms with Crippen LogP contribution in [-0.2, 0) is 13.1 Å². The number of rotatable bonds is 6. The Labute approximate surface area is 159 Å². The summed E-state index contributed by atoms with van der Waals surface area (Å²) in [6, 6.07) is 8.11. The van der Waals surface area contributed by atoms with Crippen molar-refractivity contribution in [2.45, 2.75) is 39.8 Å². The first-order valence-corrected chi connectivity index (χ1v) is 9.11. The van der Waals surface area contributed by atoms with E-state index in [0.717, 1.165) is 47.8 Å². The average Bonchev–Trinajstić information content (AvgIpc) is 3.07. The zero-order valence-electron chi connectivity index (χ0n) is 16.0. The van der Waals surface area contributed by atoms with E-state index in [1.807, 2.05) is 38.1 Å². The predicted molar refractivity (Wildman–Crippen MR) is 105 cm³/mol. The normalized spacial score (nSPS) is 17.3. The Bertz CT molecular complexity index is 907. The SMILES string of the molecule is C=NC(=CC)c1cc(CN2Cc3c(OCC)noc3C(C)C2)ccc1C#N. The molecule has 0 radical (unpaired) electrons. The van der Waals surface area contributed by atoms with Gasteiger partial charge in [0.05, 0.1) is 29.5 Å². The van der Waals surface area contributed by atoms with Crippen LogP contribution in [0.2, 0.25) is 0 Å². The molecule has 6 nitrogen and oxygen atoms in total. The lowest BCUT2D eigenvalue weighted by Crippen LogP contribution is -2.31. The number of ether oxygens (including phenoxy) is 1. The summed E-state index contributed by atoms with van der Waals surface area (Å²) in [5.41, 5.74) is 4.30. The molecule has 0 bridgehead atoms. The maximum absolute atomic E-state index is 9.39. The second-order valence-corrected chi connectivity index (χ2v) is 6.66. The minimum absolute atomic E-state index is 0.245. The number of fused-ring (bicyclic) bond motifs is 1. The zero-order chi connectivity index (χ0) is 19.4. The Kier molecular flexibility index (Phi) is 5.72. The Morgan fingerprint density at radius 1 is 1.56 bits per heavy atom. The third-order valence-electron chi connectivity index (χ3n) is 4.76. The summed E-state index contributed by atoms with van der Waals surface area (Å²) in [7, 11) is 0. The molecular weight excluding hydrogens is 340 g/mol. The summed E-state index contributed by atoms with van der Waals surface area (Å²) in [4.78, 5) is 6.39. The van der Waals surface area contributed by atoms with Crippen LogP contribution in [0.4, 0.5) is 0 Å². The van der Waals surface area contributed by atoms with E-state index in [1.165, 1.54) is 0 Å². The molecule has 6 heteroatoms. The van der Waals surface area contributed by atoms with Gasteiger partial charge in [-0.15, -0.1) is 0 Å². The van der Waals surface area contributed by atoms with Crippen molar-refractivity contribution in [1.29, 1.82) is 5.26 Å². The molecule has 27 heavy (non-hydrogen) atoms. The minimum atomic E-state index is 0.245. The van der Waals surface area contributed by atoms with Gasteiger partial charge >= 0.3 is 0 Å². The van der Waals surface area contributed by atoms with E-state index in [0.29, 0.717) is 18.1 Å². The van der Waals surface area contributed by atoms with Crippen molar-refractivity contribution in [2.75, 3.05) is 13.2 Å². The zero-order valence-corrected chi connectivity index (χ0v) is 16.0. The molecule has 3 rings (SSSR count). The summed E-state index contributed by atoms with van der Waals surface area (Å²) in [6.45, 7) is 12.5. The quantitative estimate of drug-likeness (QED) is 0.721. The summed E-state index contributed by atoms with van der Waals surface area (Å²) in [6.07, 6.45) is 1.87. The molecule has 1 aliphatic heterocycles. The van der Waals surface area contributed by atoms with Crippen molar-refractivity contribution in [2.24, 2.45) is 4.99 Å². The Hall–Kier alpha value is -2.91. The lowest BCUT2D eigenvalue weighted by Gasteiger charge is -2.29. The van der Waals surface area contributed by atoms with Gasteiger partial charge in [0.2, 0.25) is 0 Å². The number of aromatic nitrogens is 1. The predicted octanol–water partition coefficient (Wildman–Crippen LogP) is 4.13. The van der Waals surface area contributed by atoms with E-state index in [2.05, 4.69) is 34.8 Å². The van der Waals surface area contributed by atoms with Gasteiger partial charge in [0.1, 0.15) is 5.76 Å². The first-order valence-electron chi connectivity index (χ1n) is 9.11. The molecule has 1 aromatic heterocycles. The Morgan fingerprint density at radius 2 is 2.37 bits per heavy atom. The molecule has 1 unspecified atom stereocenters. The topological polar surface area (TPSA) is 74.7 Å². The summed E-state index contributed by atoms with van der Waals surface area (Å²) < 4.78 is 11.1. The van der Waals surface area contributed by atoms with Gasteiger partial charge in [-0.25, -0.2) is 0 Å². The highest BCUT2D eigenvalue weighted by Crippen LogP contribution is 2.34. The second-order valence-electron chi connectivity index (χ2n) is 6.66. The van der Waals surface area contributed by atoms with Crippen molar-refractivity contribution in [3.05, 3.63) is 52.3 Å². The third kappa shape index (κ3) is 3.79. The van der Waals surface area contributed by atoms with E-state index in [1.54, 1.807) is 0 Å². The first-order chi connectivity index (χ1) is 13.1. The van der Waals surface area contributed by atoms with Gasteiger partial charge in [0.25, 0.3) is 5.88 Å². The molecule has 0 N–H and O–H groups in total. The molecule has 0 spiro atoms. The van der Waals surface area contributed by atoms with Crippen molar-refractivity contribution in [3.63, 3.8) is 0 Å². The van der Waals surface area contributed by atoms with Gasteiger partial charge in [-0.05, 0) is 43.4 Å². The van der Waals surface area contributed by atoms with Gasteiger partial charge in [-0.2, -0.15) is 5.26 Å². The molecule has 2 aromatic rings. The molecule has 0 amide bonds. The molecule has 0 aliphatic carbocycles. The molecular formula is C21H24N4O2. The van der Waals surface area contributed by atoms with Crippen LogP contribution in [0.1, 0.15) is 54.7 Å². The van der Waals surface area contributed by atoms with Crippen molar-refractivity contribution in [3.8, 4) is 11.9 Å². The lowest BCUT2D eigenvalue weighted by molar-refractivity contribution is 0.205. The fourth-order valence-electron chi connectivity index (χ4n) is 3.56. The van der Waals surface area contributed by atoms with Crippen molar-refractivity contribution < 1.29 is 9.26 Å². The summed E-state index contributed by atoms with van der Waals surface area (Å²) >= 11 is 0. The number of benzene rings is 1. The van der Waals surface area contributed by atoms with Crippen molar-refractivity contribution >= 4 is 12.4 Å². The van der Waals surface area contributed by atoms with E-state index < -0.39 is 0 Å².